The predicted octanol–water partition coefficient (Wildman–Crippen LogP) is 6.74. The lowest BCUT2D eigenvalue weighted by molar-refractivity contribution is -0.133. The molecule has 35 heavy (non-hydrogen) atoms. The van der Waals surface area contributed by atoms with Crippen molar-refractivity contribution in [1.29, 1.82) is 0 Å². The first-order valence-electron chi connectivity index (χ1n) is 10.1. The minimum Gasteiger partial charge on any atom is -0.319 e. The molecule has 178 valence electrons. The monoisotopic (exact) mass is 636 g/mol. The van der Waals surface area contributed by atoms with E-state index in [-0.39, 0.29) is 10.7 Å². The molecular weight excluding hydrogens is 623 g/mol. The fourth-order valence-corrected chi connectivity index (χ4v) is 4.39. The first-order chi connectivity index (χ1) is 16.6. The molecule has 3 aromatic carbocycles. The average molecular weight is 639 g/mol. The third-order valence-electron chi connectivity index (χ3n) is 5.01. The topological polar surface area (TPSA) is 92.2 Å². The summed E-state index contributed by atoms with van der Waals surface area (Å²) in [5.74, 6) is -2.40. The number of amides is 3. The zero-order valence-corrected chi connectivity index (χ0v) is 22.6. The van der Waals surface area contributed by atoms with Crippen LogP contribution >= 0.6 is 55.1 Å². The van der Waals surface area contributed by atoms with Gasteiger partial charge in [-0.3, -0.25) is 19.8 Å². The Morgan fingerprint density at radius 3 is 2.34 bits per heavy atom. The first-order valence-corrected chi connectivity index (χ1v) is 12.4. The summed E-state index contributed by atoms with van der Waals surface area (Å²) in [6, 6.07) is 16.7. The molecule has 4 rings (SSSR count). The zero-order valence-electron chi connectivity index (χ0n) is 18.0. The molecule has 11 heteroatoms. The Morgan fingerprint density at radius 1 is 0.857 bits per heavy atom. The number of nitrogens with one attached hydrogen (secondary N) is 3. The van der Waals surface area contributed by atoms with Gasteiger partial charge < -0.3 is 10.6 Å². The Balaban J connectivity index is 1.63. The van der Waals surface area contributed by atoms with Crippen LogP contribution in [0.4, 0.5) is 11.4 Å². The van der Waals surface area contributed by atoms with Crippen LogP contribution in [0.25, 0.3) is 10.9 Å². The molecule has 0 bridgehead atoms. The number of fused-ring (bicyclic) bond motifs is 1. The van der Waals surface area contributed by atoms with E-state index in [9.17, 15) is 14.4 Å². The van der Waals surface area contributed by atoms with Gasteiger partial charge in [-0.05, 0) is 73.2 Å². The molecule has 4 aromatic rings. The van der Waals surface area contributed by atoms with Gasteiger partial charge in [-0.25, -0.2) is 4.68 Å². The van der Waals surface area contributed by atoms with E-state index in [0.29, 0.717) is 27.3 Å². The average Bonchev–Trinajstić information content (AvgIpc) is 3.15. The normalized spacial score (nSPS) is 10.8. The molecule has 0 aliphatic rings. The molecule has 3 N–H and O–H groups in total. The number of anilines is 2. The minimum absolute atomic E-state index is 0.0877. The Labute approximate surface area is 227 Å². The maximum atomic E-state index is 13.1. The Morgan fingerprint density at radius 2 is 1.63 bits per heavy atom. The van der Waals surface area contributed by atoms with E-state index in [1.807, 2.05) is 6.92 Å². The number of hydrogen-bond donors (Lipinski definition) is 3. The lowest BCUT2D eigenvalue weighted by Gasteiger charge is -2.13. The molecule has 1 heterocycles. The number of rotatable bonds is 4. The molecule has 0 unspecified atom stereocenters. The Bertz CT molecular complexity index is 1500. The Kier molecular flexibility index (Phi) is 7.51. The second kappa shape index (κ2) is 10.4. The molecule has 0 aliphatic heterocycles. The number of carbonyl (C=O) groups is 3. The summed E-state index contributed by atoms with van der Waals surface area (Å²) in [6.07, 6.45) is 0. The molecule has 0 saturated carbocycles. The van der Waals surface area contributed by atoms with E-state index in [2.05, 4.69) is 47.9 Å². The Hall–Kier alpha value is -2.85. The van der Waals surface area contributed by atoms with Crippen LogP contribution in [0, 0.1) is 6.92 Å². The maximum Gasteiger partial charge on any atom is 0.328 e. The van der Waals surface area contributed by atoms with Gasteiger partial charge in [0.25, 0.3) is 5.91 Å². The molecule has 0 spiro atoms. The van der Waals surface area contributed by atoms with Gasteiger partial charge in [0.2, 0.25) is 0 Å². The third-order valence-corrected chi connectivity index (χ3v) is 6.94. The van der Waals surface area contributed by atoms with Crippen molar-refractivity contribution < 1.29 is 14.4 Å². The van der Waals surface area contributed by atoms with Crippen LogP contribution < -0.4 is 16.1 Å². The van der Waals surface area contributed by atoms with Crippen molar-refractivity contribution in [3.63, 3.8) is 0 Å². The zero-order chi connectivity index (χ0) is 25.3. The fourth-order valence-electron chi connectivity index (χ4n) is 3.31. The van der Waals surface area contributed by atoms with Crippen LogP contribution in [0.15, 0.2) is 69.6 Å². The highest BCUT2D eigenvalue weighted by Gasteiger charge is 2.22. The fraction of sp³-hybridized carbons (Fsp3) is 0.0417. The molecular formula is C24H16Br2Cl2N4O3. The number of hydrogen-bond acceptors (Lipinski definition) is 3. The van der Waals surface area contributed by atoms with Gasteiger partial charge in [0.1, 0.15) is 5.69 Å². The third kappa shape index (κ3) is 5.70. The van der Waals surface area contributed by atoms with E-state index in [1.54, 1.807) is 54.6 Å². The van der Waals surface area contributed by atoms with Crippen LogP contribution in [-0.2, 0) is 9.59 Å². The summed E-state index contributed by atoms with van der Waals surface area (Å²) in [5, 5.41) is 6.60. The van der Waals surface area contributed by atoms with E-state index < -0.39 is 17.7 Å². The summed E-state index contributed by atoms with van der Waals surface area (Å²) in [7, 11) is 0. The molecule has 0 fully saturated rings. The molecule has 3 amide bonds. The molecule has 0 atom stereocenters. The van der Waals surface area contributed by atoms with Crippen LogP contribution in [0.5, 0.6) is 0 Å². The number of benzene rings is 3. The largest absolute Gasteiger partial charge is 0.328 e. The summed E-state index contributed by atoms with van der Waals surface area (Å²) >= 11 is 18.9. The van der Waals surface area contributed by atoms with Crippen LogP contribution in [0.3, 0.4) is 0 Å². The van der Waals surface area contributed by atoms with Gasteiger partial charge >= 0.3 is 11.8 Å². The van der Waals surface area contributed by atoms with Gasteiger partial charge in [-0.1, -0.05) is 55.1 Å². The molecule has 0 aliphatic carbocycles. The SMILES string of the molecule is Cc1cc(NC(=O)C(=O)Nn2c(C(=O)Nc3ccc(Cl)cc3Cl)cc3cc(Br)ccc32)ccc1Br. The van der Waals surface area contributed by atoms with Crippen molar-refractivity contribution in [3.05, 3.63) is 90.9 Å². The lowest BCUT2D eigenvalue weighted by Crippen LogP contribution is -2.36. The highest BCUT2D eigenvalue weighted by atomic mass is 79.9. The molecule has 7 nitrogen and oxygen atoms in total. The van der Waals surface area contributed by atoms with Gasteiger partial charge in [0.15, 0.2) is 0 Å². The summed E-state index contributed by atoms with van der Waals surface area (Å²) < 4.78 is 2.92. The number of carbonyl (C=O) groups excluding carboxylic acids is 3. The maximum absolute atomic E-state index is 13.1. The second-order valence-corrected chi connectivity index (χ2v) is 10.1. The van der Waals surface area contributed by atoms with Gasteiger partial charge in [-0.2, -0.15) is 0 Å². The van der Waals surface area contributed by atoms with Crippen LogP contribution in [0.1, 0.15) is 16.1 Å². The number of aryl methyl sites for hydroxylation is 1. The minimum atomic E-state index is -0.954. The molecule has 0 saturated heterocycles. The van der Waals surface area contributed by atoms with Crippen LogP contribution in [0.2, 0.25) is 10.0 Å². The number of nitrogens with zero attached hydrogens (tertiary/aromatic N) is 1. The van der Waals surface area contributed by atoms with Crippen molar-refractivity contribution in [1.82, 2.24) is 4.68 Å². The van der Waals surface area contributed by atoms with E-state index in [1.165, 1.54) is 10.7 Å². The summed E-state index contributed by atoms with van der Waals surface area (Å²) in [4.78, 5) is 38.5. The van der Waals surface area contributed by atoms with Gasteiger partial charge in [-0.15, -0.1) is 0 Å². The van der Waals surface area contributed by atoms with Crippen LogP contribution in [-0.4, -0.2) is 22.4 Å². The quantitative estimate of drug-likeness (QED) is 0.216. The molecule has 0 radical (unpaired) electrons. The van der Waals surface area contributed by atoms with Crippen molar-refractivity contribution in [2.24, 2.45) is 0 Å². The van der Waals surface area contributed by atoms with Crippen molar-refractivity contribution in [2.45, 2.75) is 6.92 Å². The standard InChI is InChI=1S/C24H16Br2Cl2N4O3/c1-12-8-16(4-5-17(12)26)29-23(34)24(35)31-32-20-7-2-14(25)9-13(20)10-21(32)22(33)30-19-6-3-15(27)11-18(19)28/h2-11H,1H3,(H,29,34)(H,30,33)(H,31,35). The highest BCUT2D eigenvalue weighted by molar-refractivity contribution is 9.10. The highest BCUT2D eigenvalue weighted by Crippen LogP contribution is 2.28. The second-order valence-electron chi connectivity index (χ2n) is 7.51. The smallest absolute Gasteiger partial charge is 0.319 e. The summed E-state index contributed by atoms with van der Waals surface area (Å²) in [5.41, 5.74) is 4.81. The summed E-state index contributed by atoms with van der Waals surface area (Å²) in [6.45, 7) is 1.86. The van der Waals surface area contributed by atoms with Gasteiger partial charge in [0.05, 0.1) is 16.2 Å². The van der Waals surface area contributed by atoms with Crippen molar-refractivity contribution in [3.8, 4) is 0 Å². The molecule has 1 aromatic heterocycles. The van der Waals surface area contributed by atoms with Crippen molar-refractivity contribution >= 4 is 95.1 Å². The van der Waals surface area contributed by atoms with E-state index >= 15 is 0 Å². The number of halogens is 4. The first kappa shape index (κ1) is 25.2. The van der Waals surface area contributed by atoms with E-state index in [4.69, 9.17) is 23.2 Å². The van der Waals surface area contributed by atoms with Gasteiger partial charge in [0, 0.05) is 25.0 Å². The number of aromatic nitrogens is 1. The van der Waals surface area contributed by atoms with Crippen molar-refractivity contribution in [2.75, 3.05) is 16.1 Å². The predicted molar refractivity (Wildman–Crippen MR) is 146 cm³/mol. The lowest BCUT2D eigenvalue weighted by atomic mass is 10.2. The van der Waals surface area contributed by atoms with E-state index in [0.717, 1.165) is 14.5 Å².